The van der Waals surface area contributed by atoms with Crippen molar-refractivity contribution in [3.8, 4) is 0 Å². The normalized spacial score (nSPS) is 33.9. The number of ether oxygens (including phenoxy) is 1. The zero-order valence-electron chi connectivity index (χ0n) is 22.5. The van der Waals surface area contributed by atoms with E-state index in [0.29, 0.717) is 19.3 Å². The highest BCUT2D eigenvalue weighted by Crippen LogP contribution is 2.50. The Kier molecular flexibility index (Phi) is 11.1. The lowest BCUT2D eigenvalue weighted by atomic mass is 9.55. The van der Waals surface area contributed by atoms with Gasteiger partial charge in [0.15, 0.2) is 35.0 Å². The number of Topliss-reactive ketones (excluding diaryl/α,β-unsaturated/α-hetero) is 4. The standard InChI is InChI=1S/C26H44O10/c1-8-11-14(4)19(29)24(33)22(18(28)17(7)27)36-23(32)25(34,20(30)15(5)12-9-2)26(24,35)21(31)16(6)13-10-3/h14-16,18,22-23,28,32-35H,8-13H2,1-7H3/t14?,15?,16?,18?,22-,23?,24-,25+,26+/m1/s1. The lowest BCUT2D eigenvalue weighted by molar-refractivity contribution is -0.367. The second-order valence-corrected chi connectivity index (χ2v) is 10.4. The van der Waals surface area contributed by atoms with Crippen LogP contribution in [0.3, 0.4) is 0 Å². The van der Waals surface area contributed by atoms with E-state index in [-0.39, 0.29) is 19.3 Å². The molecule has 0 aliphatic carbocycles. The summed E-state index contributed by atoms with van der Waals surface area (Å²) < 4.78 is 5.26. The molecule has 36 heavy (non-hydrogen) atoms. The van der Waals surface area contributed by atoms with Crippen molar-refractivity contribution in [2.75, 3.05) is 0 Å². The minimum Gasteiger partial charge on any atom is -0.382 e. The van der Waals surface area contributed by atoms with E-state index >= 15 is 0 Å². The van der Waals surface area contributed by atoms with Gasteiger partial charge in [-0.1, -0.05) is 60.8 Å². The molecule has 5 unspecified atom stereocenters. The van der Waals surface area contributed by atoms with Gasteiger partial charge in [0.1, 0.15) is 12.2 Å². The van der Waals surface area contributed by atoms with Gasteiger partial charge in [0.05, 0.1) is 0 Å². The summed E-state index contributed by atoms with van der Waals surface area (Å²) in [4.78, 5) is 53.4. The SMILES string of the molecule is CCCC(C)C(=O)[C@]1(O)[C@@](O)(C(=O)C(C)CCC)[C@@H](C(O)C(C)=O)OC(O)[C@@]1(O)C(=O)C(C)CCC. The van der Waals surface area contributed by atoms with E-state index in [0.717, 1.165) is 6.92 Å². The number of ketones is 4. The number of carbonyl (C=O) groups is 4. The molecule has 0 saturated carbocycles. The molecule has 9 atom stereocenters. The lowest BCUT2D eigenvalue weighted by Crippen LogP contribution is -2.88. The summed E-state index contributed by atoms with van der Waals surface area (Å²) >= 11 is 0. The fourth-order valence-corrected chi connectivity index (χ4v) is 5.32. The van der Waals surface area contributed by atoms with E-state index in [1.54, 1.807) is 20.8 Å². The summed E-state index contributed by atoms with van der Waals surface area (Å²) in [6.45, 7) is 10.4. The predicted octanol–water partition coefficient (Wildman–Crippen LogP) is 0.863. The van der Waals surface area contributed by atoms with Crippen molar-refractivity contribution in [3.63, 3.8) is 0 Å². The van der Waals surface area contributed by atoms with Gasteiger partial charge in [-0.3, -0.25) is 19.2 Å². The Labute approximate surface area is 213 Å². The van der Waals surface area contributed by atoms with Gasteiger partial charge in [-0.15, -0.1) is 0 Å². The molecule has 1 aliphatic heterocycles. The second-order valence-electron chi connectivity index (χ2n) is 10.4. The largest absolute Gasteiger partial charge is 0.382 e. The van der Waals surface area contributed by atoms with Crippen molar-refractivity contribution in [1.29, 1.82) is 0 Å². The first-order valence-electron chi connectivity index (χ1n) is 12.9. The number of aliphatic hydroxyl groups is 5. The molecule has 208 valence electrons. The molecule has 0 amide bonds. The highest BCUT2D eigenvalue weighted by molar-refractivity contribution is 6.08. The van der Waals surface area contributed by atoms with E-state index in [1.807, 2.05) is 0 Å². The van der Waals surface area contributed by atoms with E-state index < -0.39 is 76.2 Å². The van der Waals surface area contributed by atoms with Gasteiger partial charge in [-0.2, -0.15) is 0 Å². The van der Waals surface area contributed by atoms with Gasteiger partial charge in [0, 0.05) is 17.8 Å². The number of rotatable bonds is 14. The second kappa shape index (κ2) is 12.3. The molecule has 1 aliphatic rings. The highest BCUT2D eigenvalue weighted by atomic mass is 16.7. The van der Waals surface area contributed by atoms with Crippen LogP contribution in [0.15, 0.2) is 0 Å². The quantitative estimate of drug-likeness (QED) is 0.222. The molecule has 0 aromatic carbocycles. The number of hydrogen-bond donors (Lipinski definition) is 5. The first-order chi connectivity index (χ1) is 16.5. The van der Waals surface area contributed by atoms with Crippen molar-refractivity contribution < 1.29 is 49.4 Å². The van der Waals surface area contributed by atoms with Crippen LogP contribution in [0.4, 0.5) is 0 Å². The summed E-state index contributed by atoms with van der Waals surface area (Å²) in [5.41, 5.74) is -10.5. The summed E-state index contributed by atoms with van der Waals surface area (Å²) in [5.74, 6) is -7.80. The molecule has 1 saturated heterocycles. The molecule has 1 fully saturated rings. The summed E-state index contributed by atoms with van der Waals surface area (Å²) in [6.07, 6.45) is -5.34. The van der Waals surface area contributed by atoms with Crippen LogP contribution in [0.1, 0.15) is 87.0 Å². The molecule has 1 heterocycles. The van der Waals surface area contributed by atoms with Crippen molar-refractivity contribution in [1.82, 2.24) is 0 Å². The number of carbonyl (C=O) groups excluding carboxylic acids is 4. The summed E-state index contributed by atoms with van der Waals surface area (Å²) in [5, 5.41) is 57.6. The van der Waals surface area contributed by atoms with E-state index in [2.05, 4.69) is 0 Å². The molecule has 0 bridgehead atoms. The molecular weight excluding hydrogens is 472 g/mol. The molecule has 0 radical (unpaired) electrons. The fourth-order valence-electron chi connectivity index (χ4n) is 5.32. The molecule has 0 aromatic heterocycles. The van der Waals surface area contributed by atoms with Gasteiger partial charge in [-0.25, -0.2) is 0 Å². The Morgan fingerprint density at radius 1 is 0.750 bits per heavy atom. The Morgan fingerprint density at radius 3 is 1.47 bits per heavy atom. The maximum absolute atomic E-state index is 13.9. The Balaban J connectivity index is 4.15. The molecule has 10 heteroatoms. The van der Waals surface area contributed by atoms with Crippen LogP contribution in [-0.4, -0.2) is 84.0 Å². The zero-order valence-corrected chi connectivity index (χ0v) is 22.5. The lowest BCUT2D eigenvalue weighted by Gasteiger charge is -2.59. The molecule has 10 nitrogen and oxygen atoms in total. The molecule has 0 spiro atoms. The van der Waals surface area contributed by atoms with Crippen LogP contribution in [0.25, 0.3) is 0 Å². The predicted molar refractivity (Wildman–Crippen MR) is 130 cm³/mol. The van der Waals surface area contributed by atoms with Crippen LogP contribution in [0.5, 0.6) is 0 Å². The minimum atomic E-state index is -3.63. The van der Waals surface area contributed by atoms with Crippen LogP contribution in [0, 0.1) is 17.8 Å². The van der Waals surface area contributed by atoms with Crippen LogP contribution in [-0.2, 0) is 23.9 Å². The summed E-state index contributed by atoms with van der Waals surface area (Å²) in [7, 11) is 0. The maximum atomic E-state index is 13.9. The molecular formula is C26H44O10. The average molecular weight is 517 g/mol. The first-order valence-corrected chi connectivity index (χ1v) is 12.9. The minimum absolute atomic E-state index is 0.154. The Bertz CT molecular complexity index is 828. The summed E-state index contributed by atoms with van der Waals surface area (Å²) in [6, 6.07) is 0. The molecule has 5 N–H and O–H groups in total. The van der Waals surface area contributed by atoms with E-state index in [1.165, 1.54) is 20.8 Å². The van der Waals surface area contributed by atoms with E-state index in [4.69, 9.17) is 4.74 Å². The van der Waals surface area contributed by atoms with Crippen LogP contribution in [0.2, 0.25) is 0 Å². The van der Waals surface area contributed by atoms with Crippen molar-refractivity contribution in [3.05, 3.63) is 0 Å². The highest BCUT2D eigenvalue weighted by Gasteiger charge is 2.81. The van der Waals surface area contributed by atoms with Crippen LogP contribution >= 0.6 is 0 Å². The molecule has 1 rings (SSSR count). The van der Waals surface area contributed by atoms with Gasteiger partial charge >= 0.3 is 0 Å². The number of hydrogen-bond acceptors (Lipinski definition) is 10. The zero-order chi connectivity index (χ0) is 28.2. The Hall–Kier alpha value is -1.56. The fraction of sp³-hybridized carbons (Fsp3) is 0.846. The van der Waals surface area contributed by atoms with Crippen LogP contribution < -0.4 is 0 Å². The Morgan fingerprint density at radius 2 is 1.11 bits per heavy atom. The smallest absolute Gasteiger partial charge is 0.213 e. The third kappa shape index (κ3) is 5.08. The third-order valence-electron chi connectivity index (χ3n) is 7.47. The average Bonchev–Trinajstić information content (AvgIpc) is 2.83. The number of aliphatic hydroxyl groups excluding tert-OH is 2. The molecule has 0 aromatic rings. The van der Waals surface area contributed by atoms with Gasteiger partial charge < -0.3 is 30.3 Å². The van der Waals surface area contributed by atoms with Crippen molar-refractivity contribution in [2.24, 2.45) is 17.8 Å². The third-order valence-corrected chi connectivity index (χ3v) is 7.47. The van der Waals surface area contributed by atoms with Gasteiger partial charge in [-0.05, 0) is 26.2 Å². The van der Waals surface area contributed by atoms with Gasteiger partial charge in [0.2, 0.25) is 11.2 Å². The first kappa shape index (κ1) is 32.5. The topological polar surface area (TPSA) is 179 Å². The van der Waals surface area contributed by atoms with Crippen molar-refractivity contribution >= 4 is 23.1 Å². The van der Waals surface area contributed by atoms with E-state index in [9.17, 15) is 44.7 Å². The maximum Gasteiger partial charge on any atom is 0.213 e. The monoisotopic (exact) mass is 516 g/mol. The van der Waals surface area contributed by atoms with Gasteiger partial charge in [0.25, 0.3) is 0 Å². The van der Waals surface area contributed by atoms with Crippen molar-refractivity contribution in [2.45, 2.75) is 122 Å².